The summed E-state index contributed by atoms with van der Waals surface area (Å²) < 4.78 is 42.7. The normalized spacial score (nSPS) is 19.0. The number of hydrogen-bond acceptors (Lipinski definition) is 0. The van der Waals surface area contributed by atoms with Gasteiger partial charge in [-0.3, -0.25) is 0 Å². The maximum Gasteiger partial charge on any atom is 0.145 e. The molecule has 0 aliphatic heterocycles. The van der Waals surface area contributed by atoms with Gasteiger partial charge in [0.05, 0.1) is 0 Å². The molecule has 0 saturated carbocycles. The summed E-state index contributed by atoms with van der Waals surface area (Å²) >= 11 is 5.71. The summed E-state index contributed by atoms with van der Waals surface area (Å²) in [6, 6.07) is 11.6. The highest BCUT2D eigenvalue weighted by Gasteiger charge is 2.32. The fraction of sp³-hybridized carbons (Fsp3) is 0.333. The third-order valence-corrected chi connectivity index (χ3v) is 6.38. The van der Waals surface area contributed by atoms with E-state index in [9.17, 15) is 13.2 Å². The van der Waals surface area contributed by atoms with Crippen LogP contribution in [0.2, 0.25) is 5.02 Å². The van der Waals surface area contributed by atoms with Gasteiger partial charge in [-0.15, -0.1) is 0 Å². The van der Waals surface area contributed by atoms with Gasteiger partial charge in [0.1, 0.15) is 22.5 Å². The van der Waals surface area contributed by atoms with Crippen molar-refractivity contribution in [1.82, 2.24) is 0 Å². The molecule has 0 amide bonds. The van der Waals surface area contributed by atoms with E-state index in [1.54, 1.807) is 12.1 Å². The van der Waals surface area contributed by atoms with Crippen LogP contribution in [0.1, 0.15) is 55.2 Å². The second-order valence-corrected chi connectivity index (χ2v) is 8.06. The summed E-state index contributed by atoms with van der Waals surface area (Å²) in [6.07, 6.45) is 4.89. The topological polar surface area (TPSA) is 0 Å². The van der Waals surface area contributed by atoms with Crippen LogP contribution in [0, 0.1) is 23.4 Å². The quantitative estimate of drug-likeness (QED) is 0.390. The predicted molar refractivity (Wildman–Crippen MR) is 108 cm³/mol. The van der Waals surface area contributed by atoms with E-state index in [0.29, 0.717) is 16.9 Å². The van der Waals surface area contributed by atoms with Crippen LogP contribution in [0.25, 0.3) is 10.8 Å². The first-order valence-electron chi connectivity index (χ1n) is 9.85. The molecule has 0 heterocycles. The first-order chi connectivity index (χ1) is 13.5. The molecule has 4 heteroatoms. The minimum Gasteiger partial charge on any atom is -0.206 e. The maximum absolute atomic E-state index is 14.3. The average molecular weight is 403 g/mol. The van der Waals surface area contributed by atoms with E-state index in [2.05, 4.69) is 6.92 Å². The van der Waals surface area contributed by atoms with Crippen molar-refractivity contribution in [1.29, 1.82) is 0 Å². The predicted octanol–water partition coefficient (Wildman–Crippen LogP) is 7.80. The van der Waals surface area contributed by atoms with E-state index in [1.807, 2.05) is 12.1 Å². The number of unbranched alkanes of at least 4 members (excludes halogenated alkanes) is 1. The van der Waals surface area contributed by atoms with Crippen LogP contribution < -0.4 is 0 Å². The molecule has 0 radical (unpaired) electrons. The van der Waals surface area contributed by atoms with E-state index in [1.165, 1.54) is 18.2 Å². The Hall–Kier alpha value is -2.00. The number of fused-ring (bicyclic) bond motifs is 3. The molecule has 28 heavy (non-hydrogen) atoms. The van der Waals surface area contributed by atoms with Crippen LogP contribution in [0.5, 0.6) is 0 Å². The molecule has 3 aromatic carbocycles. The summed E-state index contributed by atoms with van der Waals surface area (Å²) in [5.41, 5.74) is 2.74. The van der Waals surface area contributed by atoms with Crippen molar-refractivity contribution in [3.63, 3.8) is 0 Å². The highest BCUT2D eigenvalue weighted by atomic mass is 35.5. The number of benzene rings is 3. The molecule has 0 bridgehead atoms. The van der Waals surface area contributed by atoms with Crippen LogP contribution in [0.4, 0.5) is 13.2 Å². The molecule has 1 aliphatic rings. The zero-order valence-corrected chi connectivity index (χ0v) is 16.5. The Balaban J connectivity index is 1.90. The molecular weight excluding hydrogens is 381 g/mol. The van der Waals surface area contributed by atoms with E-state index >= 15 is 0 Å². The van der Waals surface area contributed by atoms with Crippen LogP contribution in [0.3, 0.4) is 0 Å². The zero-order valence-electron chi connectivity index (χ0n) is 15.7. The smallest absolute Gasteiger partial charge is 0.145 e. The van der Waals surface area contributed by atoms with Gasteiger partial charge in [-0.25, -0.2) is 13.2 Å². The molecule has 0 nitrogen and oxygen atoms in total. The van der Waals surface area contributed by atoms with E-state index in [0.717, 1.165) is 48.6 Å². The number of halogens is 4. The fourth-order valence-electron chi connectivity index (χ4n) is 4.70. The molecule has 0 fully saturated rings. The fourth-order valence-corrected chi connectivity index (χ4v) is 4.81. The molecule has 146 valence electrons. The van der Waals surface area contributed by atoms with Crippen molar-refractivity contribution in [3.8, 4) is 0 Å². The maximum atomic E-state index is 14.3. The number of aryl methyl sites for hydroxylation is 1. The monoisotopic (exact) mass is 402 g/mol. The van der Waals surface area contributed by atoms with E-state index in [4.69, 9.17) is 11.6 Å². The highest BCUT2D eigenvalue weighted by molar-refractivity contribution is 6.30. The largest absolute Gasteiger partial charge is 0.206 e. The van der Waals surface area contributed by atoms with Gasteiger partial charge >= 0.3 is 0 Å². The molecule has 0 unspecified atom stereocenters. The zero-order chi connectivity index (χ0) is 19.8. The molecule has 0 N–H and O–H groups in total. The summed E-state index contributed by atoms with van der Waals surface area (Å²) in [6.45, 7) is 2.14. The van der Waals surface area contributed by atoms with Gasteiger partial charge in [0, 0.05) is 11.3 Å². The van der Waals surface area contributed by atoms with Gasteiger partial charge in [0.15, 0.2) is 0 Å². The molecule has 3 aromatic rings. The summed E-state index contributed by atoms with van der Waals surface area (Å²) in [5, 5.41) is 1.03. The lowest BCUT2D eigenvalue weighted by atomic mass is 9.69. The van der Waals surface area contributed by atoms with Gasteiger partial charge in [-0.1, -0.05) is 55.6 Å². The van der Waals surface area contributed by atoms with Crippen LogP contribution in [0.15, 0.2) is 42.5 Å². The van der Waals surface area contributed by atoms with Gasteiger partial charge in [-0.2, -0.15) is 0 Å². The minimum atomic E-state index is -0.732. The summed E-state index contributed by atoms with van der Waals surface area (Å²) in [4.78, 5) is 0. The number of rotatable bonds is 4. The second-order valence-electron chi connectivity index (χ2n) is 7.69. The van der Waals surface area contributed by atoms with Gasteiger partial charge in [0.25, 0.3) is 0 Å². The van der Waals surface area contributed by atoms with Crippen molar-refractivity contribution in [2.45, 2.75) is 44.9 Å². The SMILES string of the molecule is CCCC[C@@H]1CCc2c(ccc3c(F)cccc23)[C@H]1c1cc(F)c(Cl)c(F)c1. The Bertz CT molecular complexity index is 1000. The Kier molecular flexibility index (Phi) is 5.37. The molecule has 0 saturated heterocycles. The van der Waals surface area contributed by atoms with Crippen LogP contribution in [-0.4, -0.2) is 0 Å². The van der Waals surface area contributed by atoms with Crippen molar-refractivity contribution >= 4 is 22.4 Å². The molecule has 1 aliphatic carbocycles. The molecule has 0 spiro atoms. The molecule has 4 rings (SSSR count). The van der Waals surface area contributed by atoms with Crippen molar-refractivity contribution in [2.75, 3.05) is 0 Å². The highest BCUT2D eigenvalue weighted by Crippen LogP contribution is 2.46. The Morgan fingerprint density at radius 2 is 1.71 bits per heavy atom. The van der Waals surface area contributed by atoms with Crippen molar-refractivity contribution in [3.05, 3.63) is 81.6 Å². The molecule has 0 aromatic heterocycles. The first kappa shape index (κ1) is 19.3. The van der Waals surface area contributed by atoms with Crippen LogP contribution in [-0.2, 0) is 6.42 Å². The summed E-state index contributed by atoms with van der Waals surface area (Å²) in [7, 11) is 0. The Labute approximate surface area is 168 Å². The lowest BCUT2D eigenvalue weighted by molar-refractivity contribution is 0.371. The molecule has 2 atom stereocenters. The lowest BCUT2D eigenvalue weighted by Crippen LogP contribution is -2.22. The van der Waals surface area contributed by atoms with Crippen molar-refractivity contribution in [2.24, 2.45) is 5.92 Å². The van der Waals surface area contributed by atoms with Gasteiger partial charge in [0.2, 0.25) is 0 Å². The third-order valence-electron chi connectivity index (χ3n) is 6.02. The summed E-state index contributed by atoms with van der Waals surface area (Å²) in [5.74, 6) is -1.54. The van der Waals surface area contributed by atoms with E-state index in [-0.39, 0.29) is 11.7 Å². The van der Waals surface area contributed by atoms with Gasteiger partial charge in [-0.05, 0) is 65.5 Å². The van der Waals surface area contributed by atoms with Crippen LogP contribution >= 0.6 is 11.6 Å². The minimum absolute atomic E-state index is 0.121. The van der Waals surface area contributed by atoms with Crippen molar-refractivity contribution < 1.29 is 13.2 Å². The van der Waals surface area contributed by atoms with Gasteiger partial charge < -0.3 is 0 Å². The van der Waals surface area contributed by atoms with E-state index < -0.39 is 16.7 Å². The molecular formula is C24H22ClF3. The standard InChI is InChI=1S/C24H22ClF3/c1-2-3-5-14-8-9-17-16-6-4-7-20(26)18(16)10-11-19(17)23(14)15-12-21(27)24(25)22(28)13-15/h4,6-7,10-14,23H,2-3,5,8-9H2,1H3/t14-,23-/m1/s1. The third kappa shape index (κ3) is 3.30. The number of hydrogen-bond donors (Lipinski definition) is 0. The second kappa shape index (κ2) is 7.79. The average Bonchev–Trinajstić information content (AvgIpc) is 2.69. The lowest BCUT2D eigenvalue weighted by Gasteiger charge is -2.35. The first-order valence-corrected chi connectivity index (χ1v) is 10.2. The Morgan fingerprint density at radius 1 is 0.964 bits per heavy atom. The Morgan fingerprint density at radius 3 is 2.43 bits per heavy atom.